The third-order valence-corrected chi connectivity index (χ3v) is 4.57. The molecule has 0 unspecified atom stereocenters. The minimum Gasteiger partial charge on any atom is -0.618 e. The van der Waals surface area contributed by atoms with Gasteiger partial charge in [-0.2, -0.15) is 4.73 Å². The summed E-state index contributed by atoms with van der Waals surface area (Å²) in [4.78, 5) is 25.2. The number of nitrogens with zero attached hydrogens (tertiary/aromatic N) is 1. The normalized spacial score (nSPS) is 10.4. The van der Waals surface area contributed by atoms with Gasteiger partial charge >= 0.3 is 0 Å². The number of thioether (sulfide) groups is 1. The van der Waals surface area contributed by atoms with Crippen molar-refractivity contribution in [2.45, 2.75) is 11.4 Å². The summed E-state index contributed by atoms with van der Waals surface area (Å²) >= 11 is 0.821. The van der Waals surface area contributed by atoms with Gasteiger partial charge in [0.25, 0.3) is 5.03 Å². The molecule has 0 fully saturated rings. The van der Waals surface area contributed by atoms with E-state index in [1.807, 2.05) is 30.3 Å². The Labute approximate surface area is 149 Å². The fourth-order valence-corrected chi connectivity index (χ4v) is 3.20. The summed E-state index contributed by atoms with van der Waals surface area (Å²) in [7, 11) is 0. The van der Waals surface area contributed by atoms with Crippen LogP contribution in [0.5, 0.6) is 0 Å². The molecular formula is C20H15NO3S. The Morgan fingerprint density at radius 3 is 2.20 bits per heavy atom. The first-order valence-electron chi connectivity index (χ1n) is 7.71. The van der Waals surface area contributed by atoms with Crippen molar-refractivity contribution in [3.8, 4) is 0 Å². The van der Waals surface area contributed by atoms with Crippen molar-refractivity contribution < 1.29 is 14.3 Å². The van der Waals surface area contributed by atoms with E-state index < -0.39 is 0 Å². The van der Waals surface area contributed by atoms with Crippen LogP contribution in [0.3, 0.4) is 0 Å². The van der Waals surface area contributed by atoms with Gasteiger partial charge in [0.1, 0.15) is 0 Å². The lowest BCUT2D eigenvalue weighted by Crippen LogP contribution is -2.28. The predicted octanol–water partition coefficient (Wildman–Crippen LogP) is 3.68. The number of ketones is 1. The van der Waals surface area contributed by atoms with E-state index in [1.54, 1.807) is 42.5 Å². The zero-order chi connectivity index (χ0) is 17.6. The minimum atomic E-state index is -0.326. The van der Waals surface area contributed by atoms with E-state index in [0.29, 0.717) is 15.9 Å². The van der Waals surface area contributed by atoms with Crippen LogP contribution in [0.2, 0.25) is 0 Å². The molecule has 4 nitrogen and oxygen atoms in total. The van der Waals surface area contributed by atoms with Crippen molar-refractivity contribution in [1.29, 1.82) is 0 Å². The van der Waals surface area contributed by atoms with Gasteiger partial charge in [0.15, 0.2) is 12.0 Å². The van der Waals surface area contributed by atoms with Crippen molar-refractivity contribution in [3.05, 3.63) is 101 Å². The van der Waals surface area contributed by atoms with Crippen LogP contribution < -0.4 is 4.73 Å². The van der Waals surface area contributed by atoms with Crippen molar-refractivity contribution >= 4 is 22.7 Å². The maximum Gasteiger partial charge on any atom is 0.259 e. The van der Waals surface area contributed by atoms with E-state index in [1.165, 1.54) is 6.20 Å². The molecule has 0 aliphatic carbocycles. The van der Waals surface area contributed by atoms with Gasteiger partial charge in [0.05, 0.1) is 0 Å². The molecule has 0 aliphatic heterocycles. The van der Waals surface area contributed by atoms with Crippen molar-refractivity contribution in [2.24, 2.45) is 0 Å². The third kappa shape index (κ3) is 4.14. The largest absolute Gasteiger partial charge is 0.618 e. The summed E-state index contributed by atoms with van der Waals surface area (Å²) in [5.41, 5.74) is 1.58. The van der Waals surface area contributed by atoms with Gasteiger partial charge in [-0.3, -0.25) is 9.59 Å². The summed E-state index contributed by atoms with van der Waals surface area (Å²) in [5.74, 6) is -0.126. The highest BCUT2D eigenvalue weighted by Gasteiger charge is 2.20. The highest BCUT2D eigenvalue weighted by Crippen LogP contribution is 2.23. The molecule has 0 radical (unpaired) electrons. The van der Waals surface area contributed by atoms with E-state index in [2.05, 4.69) is 0 Å². The molecular weight excluding hydrogens is 334 g/mol. The molecule has 0 saturated carbocycles. The number of Topliss-reactive ketones (excluding diaryl/α,β-unsaturated/α-hetero) is 1. The first kappa shape index (κ1) is 16.9. The van der Waals surface area contributed by atoms with Gasteiger partial charge in [-0.1, -0.05) is 48.5 Å². The first-order chi connectivity index (χ1) is 12.1. The molecule has 0 N–H and O–H groups in total. The zero-order valence-electron chi connectivity index (χ0n) is 13.3. The highest BCUT2D eigenvalue weighted by molar-refractivity contribution is 8.14. The second kappa shape index (κ2) is 7.77. The number of hydrogen-bond donors (Lipinski definition) is 0. The molecule has 124 valence electrons. The molecule has 0 amide bonds. The quantitative estimate of drug-likeness (QED) is 0.305. The maximum atomic E-state index is 12.6. The molecule has 0 spiro atoms. The van der Waals surface area contributed by atoms with Crippen molar-refractivity contribution in [1.82, 2.24) is 0 Å². The fourth-order valence-electron chi connectivity index (χ4n) is 2.42. The van der Waals surface area contributed by atoms with E-state index in [4.69, 9.17) is 0 Å². The van der Waals surface area contributed by atoms with Crippen LogP contribution in [-0.4, -0.2) is 10.9 Å². The summed E-state index contributed by atoms with van der Waals surface area (Å²) in [5, 5.41) is 11.7. The maximum absolute atomic E-state index is 12.6. The number of benzene rings is 2. The van der Waals surface area contributed by atoms with Crippen molar-refractivity contribution in [3.63, 3.8) is 0 Å². The third-order valence-electron chi connectivity index (χ3n) is 3.64. The smallest absolute Gasteiger partial charge is 0.259 e. The number of rotatable bonds is 5. The Morgan fingerprint density at radius 2 is 1.48 bits per heavy atom. The number of hydrogen-bond acceptors (Lipinski definition) is 4. The molecule has 0 atom stereocenters. The van der Waals surface area contributed by atoms with E-state index in [-0.39, 0.29) is 22.3 Å². The lowest BCUT2D eigenvalue weighted by atomic mass is 9.99. The molecule has 1 aromatic heterocycles. The Kier molecular flexibility index (Phi) is 5.26. The molecule has 25 heavy (non-hydrogen) atoms. The molecule has 0 aliphatic rings. The molecule has 0 saturated heterocycles. The van der Waals surface area contributed by atoms with Gasteiger partial charge in [-0.25, -0.2) is 0 Å². The Balaban J connectivity index is 1.84. The van der Waals surface area contributed by atoms with Crippen LogP contribution in [-0.2, 0) is 6.42 Å². The number of pyridine rings is 1. The number of carbonyl (C=O) groups is 2. The van der Waals surface area contributed by atoms with E-state index in [0.717, 1.165) is 17.3 Å². The first-order valence-corrected chi connectivity index (χ1v) is 8.53. The summed E-state index contributed by atoms with van der Waals surface area (Å²) in [6.07, 6.45) is 1.56. The minimum absolute atomic E-state index is 0.126. The van der Waals surface area contributed by atoms with E-state index in [9.17, 15) is 14.8 Å². The molecule has 3 aromatic rings. The average molecular weight is 349 g/mol. The van der Waals surface area contributed by atoms with Crippen LogP contribution in [0, 0.1) is 5.21 Å². The molecule has 0 bridgehead atoms. The number of carbonyl (C=O) groups excluding carboxylic acids is 2. The molecule has 1 heterocycles. The van der Waals surface area contributed by atoms with Gasteiger partial charge in [-0.05, 0) is 17.7 Å². The molecule has 3 rings (SSSR count). The van der Waals surface area contributed by atoms with Crippen LogP contribution in [0.15, 0.2) is 84.0 Å². The number of aromatic nitrogens is 1. The van der Waals surface area contributed by atoms with Crippen LogP contribution >= 0.6 is 11.8 Å². The van der Waals surface area contributed by atoms with Crippen molar-refractivity contribution in [2.75, 3.05) is 0 Å². The lowest BCUT2D eigenvalue weighted by Gasteiger charge is -2.08. The Hall–Kier alpha value is -2.92. The topological polar surface area (TPSA) is 61.1 Å². The second-order valence-corrected chi connectivity index (χ2v) is 6.38. The van der Waals surface area contributed by atoms with Gasteiger partial charge in [-0.15, -0.1) is 0 Å². The monoisotopic (exact) mass is 349 g/mol. The Morgan fingerprint density at radius 1 is 0.840 bits per heavy atom. The Bertz CT molecular complexity index is 910. The fraction of sp³-hybridized carbons (Fsp3) is 0.0500. The molecule has 5 heteroatoms. The van der Waals surface area contributed by atoms with E-state index >= 15 is 0 Å². The molecule has 2 aromatic carbocycles. The standard InChI is InChI=1S/C20H15NO3S/c22-18(14-15-8-2-1-3-9-15)16-10-4-5-11-17(16)20(23)25-19-12-6-7-13-21(19)24/h1-13H,14H2. The lowest BCUT2D eigenvalue weighted by molar-refractivity contribution is -0.645. The predicted molar refractivity (Wildman–Crippen MR) is 96.5 cm³/mol. The zero-order valence-corrected chi connectivity index (χ0v) is 14.1. The highest BCUT2D eigenvalue weighted by atomic mass is 32.2. The van der Waals surface area contributed by atoms with Gasteiger partial charge in [0, 0.05) is 41.4 Å². The summed E-state index contributed by atoms with van der Waals surface area (Å²) in [6.45, 7) is 0. The average Bonchev–Trinajstić information content (AvgIpc) is 2.64. The van der Waals surface area contributed by atoms with Crippen LogP contribution in [0.4, 0.5) is 0 Å². The van der Waals surface area contributed by atoms with Gasteiger partial charge < -0.3 is 5.21 Å². The van der Waals surface area contributed by atoms with Crippen LogP contribution in [0.1, 0.15) is 26.3 Å². The van der Waals surface area contributed by atoms with Crippen LogP contribution in [0.25, 0.3) is 0 Å². The summed E-state index contributed by atoms with van der Waals surface area (Å²) < 4.78 is 0.636. The van der Waals surface area contributed by atoms with Gasteiger partial charge in [0.2, 0.25) is 5.12 Å². The SMILES string of the molecule is O=C(Cc1ccccc1)c1ccccc1C(=O)Sc1cccc[n+]1[O-]. The summed E-state index contributed by atoms with van der Waals surface area (Å²) in [6, 6.07) is 21.0. The second-order valence-electron chi connectivity index (χ2n) is 5.39.